The van der Waals surface area contributed by atoms with E-state index in [2.05, 4.69) is 4.74 Å². The molecular formula is C21H15F6NO3S. The Morgan fingerprint density at radius 2 is 1.31 bits per heavy atom. The standard InChI is InChI=1S/C21H15F6NO3S/c1-31-19-15(20(22,23)24)10-13(11-16(19)21(25,26)27)14-8-5-9-17(32(28,29)30)18(14)12-6-3-2-4-7-12/h2-11H,1H3,(H2,28,29,30). The molecule has 2 N–H and O–H groups in total. The normalized spacial score (nSPS) is 12.6. The van der Waals surface area contributed by atoms with Gasteiger partial charge in [-0.15, -0.1) is 0 Å². The highest BCUT2D eigenvalue weighted by molar-refractivity contribution is 7.89. The Bertz CT molecular complexity index is 1220. The monoisotopic (exact) mass is 475 g/mol. The van der Waals surface area contributed by atoms with Gasteiger partial charge in [-0.25, -0.2) is 13.6 Å². The molecule has 0 atom stereocenters. The van der Waals surface area contributed by atoms with E-state index in [1.807, 2.05) is 0 Å². The maximum Gasteiger partial charge on any atom is 0.420 e. The van der Waals surface area contributed by atoms with Crippen molar-refractivity contribution in [3.05, 3.63) is 71.8 Å². The second-order valence-electron chi connectivity index (χ2n) is 6.69. The molecule has 32 heavy (non-hydrogen) atoms. The van der Waals surface area contributed by atoms with Crippen LogP contribution in [0.3, 0.4) is 0 Å². The van der Waals surface area contributed by atoms with Crippen LogP contribution < -0.4 is 9.88 Å². The zero-order valence-electron chi connectivity index (χ0n) is 16.3. The first-order chi connectivity index (χ1) is 14.7. The number of hydrogen-bond donors (Lipinski definition) is 1. The number of methoxy groups -OCH3 is 1. The summed E-state index contributed by atoms with van der Waals surface area (Å²) in [4.78, 5) is -0.445. The lowest BCUT2D eigenvalue weighted by Gasteiger charge is -2.21. The molecule has 0 aromatic heterocycles. The van der Waals surface area contributed by atoms with E-state index < -0.39 is 49.7 Å². The highest BCUT2D eigenvalue weighted by Gasteiger charge is 2.42. The van der Waals surface area contributed by atoms with Crippen LogP contribution in [0.15, 0.2) is 65.6 Å². The Balaban J connectivity index is 2.48. The molecule has 0 unspecified atom stereocenters. The van der Waals surface area contributed by atoms with Crippen molar-refractivity contribution in [2.45, 2.75) is 17.2 Å². The topological polar surface area (TPSA) is 69.4 Å². The number of primary sulfonamides is 1. The summed E-state index contributed by atoms with van der Waals surface area (Å²) in [6, 6.07) is 12.1. The Labute approximate surface area is 179 Å². The summed E-state index contributed by atoms with van der Waals surface area (Å²) < 4.78 is 111. The van der Waals surface area contributed by atoms with Crippen molar-refractivity contribution in [3.63, 3.8) is 0 Å². The fourth-order valence-electron chi connectivity index (χ4n) is 3.34. The molecule has 0 aliphatic heterocycles. The van der Waals surface area contributed by atoms with Crippen LogP contribution in [0.1, 0.15) is 11.1 Å². The van der Waals surface area contributed by atoms with Crippen LogP contribution in [-0.4, -0.2) is 15.5 Å². The maximum atomic E-state index is 13.6. The number of hydrogen-bond acceptors (Lipinski definition) is 3. The van der Waals surface area contributed by atoms with Crippen LogP contribution in [0, 0.1) is 0 Å². The predicted molar refractivity (Wildman–Crippen MR) is 105 cm³/mol. The number of alkyl halides is 6. The number of ether oxygens (including phenoxy) is 1. The summed E-state index contributed by atoms with van der Waals surface area (Å²) in [5.41, 5.74) is -3.86. The van der Waals surface area contributed by atoms with Gasteiger partial charge in [-0.3, -0.25) is 0 Å². The molecule has 0 fully saturated rings. The van der Waals surface area contributed by atoms with Gasteiger partial charge in [-0.1, -0.05) is 42.5 Å². The highest BCUT2D eigenvalue weighted by atomic mass is 32.2. The van der Waals surface area contributed by atoms with Crippen LogP contribution in [0.4, 0.5) is 26.3 Å². The molecule has 170 valence electrons. The molecule has 0 saturated heterocycles. The largest absolute Gasteiger partial charge is 0.495 e. The van der Waals surface area contributed by atoms with Gasteiger partial charge in [-0.2, -0.15) is 26.3 Å². The maximum absolute atomic E-state index is 13.6. The van der Waals surface area contributed by atoms with Gasteiger partial charge in [-0.05, 0) is 34.9 Å². The molecule has 0 heterocycles. The second kappa shape index (κ2) is 8.14. The van der Waals surface area contributed by atoms with Crippen LogP contribution in [0.25, 0.3) is 22.3 Å². The fraction of sp³-hybridized carbons (Fsp3) is 0.143. The van der Waals surface area contributed by atoms with E-state index in [1.54, 1.807) is 6.07 Å². The first kappa shape index (κ1) is 23.6. The SMILES string of the molecule is COc1c(C(F)(F)F)cc(-c2cccc(S(N)(=O)=O)c2-c2ccccc2)cc1C(F)(F)F. The summed E-state index contributed by atoms with van der Waals surface area (Å²) in [7, 11) is -3.67. The van der Waals surface area contributed by atoms with E-state index in [-0.39, 0.29) is 16.7 Å². The minimum absolute atomic E-state index is 0.123. The highest BCUT2D eigenvalue weighted by Crippen LogP contribution is 2.48. The summed E-state index contributed by atoms with van der Waals surface area (Å²) in [5, 5.41) is 5.28. The number of rotatable bonds is 4. The first-order valence-electron chi connectivity index (χ1n) is 8.83. The van der Waals surface area contributed by atoms with Crippen LogP contribution in [-0.2, 0) is 22.4 Å². The van der Waals surface area contributed by atoms with Gasteiger partial charge in [0.05, 0.1) is 23.1 Å². The van der Waals surface area contributed by atoms with Gasteiger partial charge in [0.15, 0.2) is 0 Å². The molecule has 0 bridgehead atoms. The first-order valence-corrected chi connectivity index (χ1v) is 10.4. The summed E-state index contributed by atoms with van der Waals surface area (Å²) in [6.45, 7) is 0. The van der Waals surface area contributed by atoms with Gasteiger partial charge >= 0.3 is 12.4 Å². The molecule has 3 rings (SSSR count). The zero-order valence-corrected chi connectivity index (χ0v) is 17.1. The third kappa shape index (κ3) is 4.58. The van der Waals surface area contributed by atoms with Crippen molar-refractivity contribution in [1.29, 1.82) is 0 Å². The third-order valence-corrected chi connectivity index (χ3v) is 5.56. The number of halogens is 6. The summed E-state index contributed by atoms with van der Waals surface area (Å²) in [6.07, 6.45) is -10.3. The molecule has 11 heteroatoms. The van der Waals surface area contributed by atoms with Crippen molar-refractivity contribution in [2.75, 3.05) is 7.11 Å². The van der Waals surface area contributed by atoms with Crippen molar-refractivity contribution in [2.24, 2.45) is 5.14 Å². The quantitative estimate of drug-likeness (QED) is 0.491. The lowest BCUT2D eigenvalue weighted by atomic mass is 9.91. The number of nitrogens with two attached hydrogens (primary N) is 1. The van der Waals surface area contributed by atoms with Crippen molar-refractivity contribution >= 4 is 10.0 Å². The van der Waals surface area contributed by atoms with Gasteiger partial charge in [0.2, 0.25) is 10.0 Å². The van der Waals surface area contributed by atoms with E-state index in [0.29, 0.717) is 19.2 Å². The van der Waals surface area contributed by atoms with Gasteiger partial charge in [0.25, 0.3) is 0 Å². The van der Waals surface area contributed by atoms with E-state index in [4.69, 9.17) is 5.14 Å². The lowest BCUT2D eigenvalue weighted by molar-refractivity contribution is -0.145. The second-order valence-corrected chi connectivity index (χ2v) is 8.22. The molecule has 0 radical (unpaired) electrons. The van der Waals surface area contributed by atoms with E-state index in [1.165, 1.54) is 36.4 Å². The summed E-state index contributed by atoms with van der Waals surface area (Å²) >= 11 is 0. The minimum Gasteiger partial charge on any atom is -0.495 e. The molecule has 4 nitrogen and oxygen atoms in total. The predicted octanol–water partition coefficient (Wildman–Crippen LogP) is 5.71. The minimum atomic E-state index is -5.17. The van der Waals surface area contributed by atoms with E-state index in [9.17, 15) is 34.8 Å². The van der Waals surface area contributed by atoms with Crippen molar-refractivity contribution < 1.29 is 39.5 Å². The van der Waals surface area contributed by atoms with Crippen LogP contribution in [0.2, 0.25) is 0 Å². The molecule has 3 aromatic carbocycles. The Morgan fingerprint density at radius 3 is 1.75 bits per heavy atom. The van der Waals surface area contributed by atoms with E-state index >= 15 is 0 Å². The molecule has 3 aromatic rings. The third-order valence-electron chi connectivity index (χ3n) is 4.61. The smallest absolute Gasteiger partial charge is 0.420 e. The molecule has 0 aliphatic carbocycles. The van der Waals surface area contributed by atoms with Gasteiger partial charge in [0.1, 0.15) is 5.75 Å². The summed E-state index contributed by atoms with van der Waals surface area (Å²) in [5.74, 6) is -1.38. The van der Waals surface area contributed by atoms with Crippen molar-refractivity contribution in [3.8, 4) is 28.0 Å². The molecule has 0 spiro atoms. The van der Waals surface area contributed by atoms with Crippen LogP contribution in [0.5, 0.6) is 5.75 Å². The van der Waals surface area contributed by atoms with Crippen LogP contribution >= 0.6 is 0 Å². The molecular weight excluding hydrogens is 460 g/mol. The Kier molecular flexibility index (Phi) is 6.00. The molecule has 0 aliphatic rings. The van der Waals surface area contributed by atoms with Crippen molar-refractivity contribution in [1.82, 2.24) is 0 Å². The Morgan fingerprint density at radius 1 is 0.781 bits per heavy atom. The average Bonchev–Trinajstić information content (AvgIpc) is 2.71. The lowest BCUT2D eigenvalue weighted by Crippen LogP contribution is -2.15. The fourth-order valence-corrected chi connectivity index (χ4v) is 4.12. The average molecular weight is 475 g/mol. The van der Waals surface area contributed by atoms with Gasteiger partial charge in [0, 0.05) is 5.56 Å². The Hall–Kier alpha value is -3.05. The molecule has 0 saturated carbocycles. The molecule has 0 amide bonds. The number of sulfonamides is 1. The van der Waals surface area contributed by atoms with E-state index in [0.717, 1.165) is 6.07 Å². The number of benzene rings is 3. The zero-order chi connectivity index (χ0) is 23.9. The van der Waals surface area contributed by atoms with Gasteiger partial charge < -0.3 is 4.74 Å².